The van der Waals surface area contributed by atoms with Gasteiger partial charge in [0.05, 0.1) is 29.7 Å². The van der Waals surface area contributed by atoms with Crippen molar-refractivity contribution in [3.8, 4) is 0 Å². The molecule has 4 aromatic carbocycles. The lowest BCUT2D eigenvalue weighted by Crippen LogP contribution is -2.20. The monoisotopic (exact) mass is 679 g/mol. The second kappa shape index (κ2) is 16.6. The van der Waals surface area contributed by atoms with Crippen molar-refractivity contribution >= 4 is 52.4 Å². The molecule has 0 saturated carbocycles. The van der Waals surface area contributed by atoms with Gasteiger partial charge in [-0.15, -0.1) is 0 Å². The van der Waals surface area contributed by atoms with Crippen LogP contribution in [-0.4, -0.2) is 28.5 Å². The third kappa shape index (κ3) is 9.58. The van der Waals surface area contributed by atoms with Gasteiger partial charge in [0, 0.05) is 23.7 Å². The van der Waals surface area contributed by atoms with Gasteiger partial charge in [0.25, 0.3) is 5.91 Å². The highest BCUT2D eigenvalue weighted by molar-refractivity contribution is 7.79. The molecule has 0 atom stereocenters. The van der Waals surface area contributed by atoms with Gasteiger partial charge in [-0.3, -0.25) is 14.6 Å². The van der Waals surface area contributed by atoms with E-state index in [0.29, 0.717) is 35.8 Å². The van der Waals surface area contributed by atoms with Gasteiger partial charge in [0.1, 0.15) is 5.82 Å². The van der Waals surface area contributed by atoms with Crippen molar-refractivity contribution in [1.29, 1.82) is 0 Å². The van der Waals surface area contributed by atoms with E-state index >= 15 is 0 Å². The number of carbonyl (C=O) groups is 2. The number of aryl methyl sites for hydroxylation is 1. The Morgan fingerprint density at radius 2 is 1.33 bits per heavy atom. The highest BCUT2D eigenvalue weighted by Crippen LogP contribution is 2.32. The summed E-state index contributed by atoms with van der Waals surface area (Å²) in [6.45, 7) is 2.02. The zero-order chi connectivity index (χ0) is 34.6. The number of hydrogen-bond acceptors (Lipinski definition) is 5. The molecule has 2 heterocycles. The number of pyridine rings is 2. The van der Waals surface area contributed by atoms with Gasteiger partial charge >= 0.3 is 12.1 Å². The lowest BCUT2D eigenvalue weighted by Gasteiger charge is -2.18. The van der Waals surface area contributed by atoms with E-state index in [9.17, 15) is 22.8 Å². The third-order valence-electron chi connectivity index (χ3n) is 7.29. The van der Waals surface area contributed by atoms with Crippen molar-refractivity contribution < 1.29 is 27.5 Å². The minimum atomic E-state index is -4.50. The smallest absolute Gasteiger partial charge is 0.417 e. The molecule has 0 fully saturated rings. The maximum atomic E-state index is 12.7. The average Bonchev–Trinajstić information content (AvgIpc) is 3.12. The first kappa shape index (κ1) is 34.9. The molecule has 10 heteroatoms. The molecule has 1 amide bonds. The zero-order valence-corrected chi connectivity index (χ0v) is 27.5. The van der Waals surface area contributed by atoms with E-state index in [1.165, 1.54) is 15.9 Å². The number of alkyl halides is 3. The summed E-state index contributed by atoms with van der Waals surface area (Å²) in [6, 6.07) is 42.8. The maximum Gasteiger partial charge on any atom is 0.417 e. The van der Waals surface area contributed by atoms with Crippen LogP contribution in [0.1, 0.15) is 35.0 Å². The normalized spacial score (nSPS) is 11.0. The number of fused-ring (bicyclic) bond motifs is 1. The number of rotatable bonds is 9. The number of carbonyl (C=O) groups excluding carboxylic acids is 2. The Morgan fingerprint density at radius 1 is 0.735 bits per heavy atom. The second-order valence-electron chi connectivity index (χ2n) is 10.7. The minimum absolute atomic E-state index is 0.0107. The second-order valence-corrected chi connectivity index (χ2v) is 12.9. The fraction of sp³-hybridized carbons (Fsp3) is 0.128. The van der Waals surface area contributed by atoms with Crippen molar-refractivity contribution in [3.63, 3.8) is 0 Å². The lowest BCUT2D eigenvalue weighted by molar-refractivity contribution is -0.143. The number of benzene rings is 4. The number of nitrogens with one attached hydrogen (secondary N) is 1. The Hall–Kier alpha value is -5.40. The van der Waals surface area contributed by atoms with Crippen molar-refractivity contribution in [2.24, 2.45) is 0 Å². The van der Waals surface area contributed by atoms with E-state index in [0.717, 1.165) is 12.1 Å². The highest BCUT2D eigenvalue weighted by atomic mass is 31.1. The third-order valence-corrected chi connectivity index (χ3v) is 9.73. The molecular weight excluding hydrogens is 646 g/mol. The Kier molecular flexibility index (Phi) is 11.8. The largest absolute Gasteiger partial charge is 0.466 e. The molecule has 0 radical (unpaired) electrons. The van der Waals surface area contributed by atoms with E-state index in [1.807, 2.05) is 0 Å². The van der Waals surface area contributed by atoms with Crippen LogP contribution in [0.15, 0.2) is 140 Å². The van der Waals surface area contributed by atoms with Crippen molar-refractivity contribution in [1.82, 2.24) is 9.97 Å². The van der Waals surface area contributed by atoms with Gasteiger partial charge in [-0.1, -0.05) is 109 Å². The van der Waals surface area contributed by atoms with Crippen LogP contribution in [0.2, 0.25) is 0 Å². The number of anilines is 1. The molecule has 0 aliphatic carbocycles. The molecule has 0 spiro atoms. The Bertz CT molecular complexity index is 1880. The Balaban J connectivity index is 0.000000211. The van der Waals surface area contributed by atoms with Gasteiger partial charge in [0.2, 0.25) is 0 Å². The lowest BCUT2D eigenvalue weighted by atomic mass is 10.1. The molecule has 0 unspecified atom stereocenters. The number of nitrogens with zero attached hydrogens (tertiary/aromatic N) is 2. The van der Waals surface area contributed by atoms with Crippen molar-refractivity contribution in [3.05, 3.63) is 156 Å². The molecule has 248 valence electrons. The van der Waals surface area contributed by atoms with E-state index < -0.39 is 25.6 Å². The number of esters is 1. The highest BCUT2D eigenvalue weighted by Gasteiger charge is 2.30. The van der Waals surface area contributed by atoms with Gasteiger partial charge in [-0.25, -0.2) is 4.98 Å². The quantitative estimate of drug-likeness (QED) is 0.124. The number of para-hydroxylation sites is 1. The van der Waals surface area contributed by atoms with Gasteiger partial charge in [-0.05, 0) is 55.0 Å². The van der Waals surface area contributed by atoms with Crippen LogP contribution in [0.4, 0.5) is 19.0 Å². The first-order chi connectivity index (χ1) is 23.7. The first-order valence-corrected chi connectivity index (χ1v) is 16.9. The maximum absolute atomic E-state index is 12.7. The number of ether oxygens (including phenoxy) is 1. The predicted octanol–water partition coefficient (Wildman–Crippen LogP) is 7.84. The first-order valence-electron chi connectivity index (χ1n) is 15.6. The predicted molar refractivity (Wildman–Crippen MR) is 189 cm³/mol. The molecule has 0 saturated heterocycles. The molecule has 1 N–H and O–H groups in total. The molecular formula is C39H33F3N3O3P. The summed E-state index contributed by atoms with van der Waals surface area (Å²) in [5.41, 5.74) is 0.373. The number of halogens is 3. The SMILES string of the molecule is CCOC(=O)CCc1ccc2cccc(C(=O)Nc3ccc(C(F)(F)F)cn3)c2n1.c1ccc(P(c2ccccc2)c2ccccc2)cc1. The fourth-order valence-electron chi connectivity index (χ4n) is 4.97. The summed E-state index contributed by atoms with van der Waals surface area (Å²) in [6.07, 6.45) is -3.33. The minimum Gasteiger partial charge on any atom is -0.466 e. The fourth-order valence-corrected chi connectivity index (χ4v) is 7.28. The van der Waals surface area contributed by atoms with Crippen LogP contribution in [0.5, 0.6) is 0 Å². The van der Waals surface area contributed by atoms with Crippen LogP contribution < -0.4 is 21.2 Å². The van der Waals surface area contributed by atoms with Crippen LogP contribution in [0, 0.1) is 0 Å². The van der Waals surface area contributed by atoms with Crippen molar-refractivity contribution in [2.45, 2.75) is 25.9 Å². The summed E-state index contributed by atoms with van der Waals surface area (Å²) in [5.74, 6) is -0.898. The summed E-state index contributed by atoms with van der Waals surface area (Å²) in [5, 5.41) is 7.39. The summed E-state index contributed by atoms with van der Waals surface area (Å²) >= 11 is 0. The van der Waals surface area contributed by atoms with Crippen LogP contribution in [-0.2, 0) is 22.1 Å². The van der Waals surface area contributed by atoms with E-state index in [-0.39, 0.29) is 23.8 Å². The Morgan fingerprint density at radius 3 is 1.84 bits per heavy atom. The van der Waals surface area contributed by atoms with Crippen LogP contribution in [0.25, 0.3) is 10.9 Å². The number of aromatic nitrogens is 2. The van der Waals surface area contributed by atoms with E-state index in [2.05, 4.69) is 106 Å². The molecule has 0 aliphatic heterocycles. The van der Waals surface area contributed by atoms with Crippen LogP contribution in [0.3, 0.4) is 0 Å². The summed E-state index contributed by atoms with van der Waals surface area (Å²) in [7, 11) is -0.446. The van der Waals surface area contributed by atoms with Gasteiger partial charge in [0.15, 0.2) is 0 Å². The number of amides is 1. The van der Waals surface area contributed by atoms with Crippen molar-refractivity contribution in [2.75, 3.05) is 11.9 Å². The molecule has 6 aromatic rings. The molecule has 49 heavy (non-hydrogen) atoms. The number of hydrogen-bond donors (Lipinski definition) is 1. The van der Waals surface area contributed by atoms with Gasteiger partial charge in [-0.2, -0.15) is 13.2 Å². The van der Waals surface area contributed by atoms with E-state index in [1.54, 1.807) is 37.3 Å². The summed E-state index contributed by atoms with van der Waals surface area (Å²) in [4.78, 5) is 32.4. The standard InChI is InChI=1S/C21H18F3N3O3.C18H15P/c1-2-30-18(28)11-9-15-8-6-13-4-3-5-16(19(13)26-15)20(29)27-17-10-7-14(12-25-17)21(22,23)24;1-4-10-16(11-5-1)19(17-12-6-2-7-13-17)18-14-8-3-9-15-18/h3-8,10,12H,2,9,11H2,1H3,(H,25,27,29);1-15H. The molecule has 6 nitrogen and oxygen atoms in total. The van der Waals surface area contributed by atoms with E-state index in [4.69, 9.17) is 4.74 Å². The topological polar surface area (TPSA) is 81.2 Å². The van der Waals surface area contributed by atoms with Crippen LogP contribution >= 0.6 is 7.92 Å². The summed E-state index contributed by atoms with van der Waals surface area (Å²) < 4.78 is 42.9. The molecule has 0 bridgehead atoms. The average molecular weight is 680 g/mol. The molecule has 2 aromatic heterocycles. The zero-order valence-electron chi connectivity index (χ0n) is 26.6. The molecule has 6 rings (SSSR count). The van der Waals surface area contributed by atoms with Gasteiger partial charge < -0.3 is 10.1 Å². The Labute approximate surface area is 283 Å². The molecule has 0 aliphatic rings.